The minimum Gasteiger partial charge on any atom is -0.316 e. The van der Waals surface area contributed by atoms with Gasteiger partial charge < -0.3 is 5.32 Å². The number of nitrogens with one attached hydrogen (secondary N) is 1. The Hall–Kier alpha value is -1.67. The molecule has 0 saturated heterocycles. The van der Waals surface area contributed by atoms with Crippen LogP contribution in [0, 0.1) is 6.92 Å². The maximum atomic E-state index is 4.21. The van der Waals surface area contributed by atoms with Gasteiger partial charge in [0.2, 0.25) is 0 Å². The number of rotatable bonds is 3. The van der Waals surface area contributed by atoms with Crippen LogP contribution in [0.25, 0.3) is 11.1 Å². The summed E-state index contributed by atoms with van der Waals surface area (Å²) in [4.78, 5) is 4.21. The number of benzene rings is 1. The van der Waals surface area contributed by atoms with Gasteiger partial charge >= 0.3 is 0 Å². The van der Waals surface area contributed by atoms with Crippen molar-refractivity contribution in [1.29, 1.82) is 0 Å². The molecule has 1 heterocycles. The molecule has 1 aromatic heterocycles. The average Bonchev–Trinajstić information content (AvgIpc) is 2.30. The van der Waals surface area contributed by atoms with Gasteiger partial charge in [-0.05, 0) is 36.7 Å². The number of pyridine rings is 1. The molecule has 0 atom stereocenters. The molecule has 2 aromatic rings. The maximum Gasteiger partial charge on any atom is 0.0346 e. The van der Waals surface area contributed by atoms with Gasteiger partial charge in [0.25, 0.3) is 0 Å². The quantitative estimate of drug-likeness (QED) is 0.846. The van der Waals surface area contributed by atoms with E-state index in [4.69, 9.17) is 0 Å². The van der Waals surface area contributed by atoms with Crippen molar-refractivity contribution in [3.8, 4) is 11.1 Å². The first-order valence-electron chi connectivity index (χ1n) is 5.45. The Morgan fingerprint density at radius 2 is 1.81 bits per heavy atom. The van der Waals surface area contributed by atoms with Crippen molar-refractivity contribution in [1.82, 2.24) is 10.3 Å². The summed E-state index contributed by atoms with van der Waals surface area (Å²) < 4.78 is 0. The molecule has 1 N–H and O–H groups in total. The monoisotopic (exact) mass is 212 g/mol. The number of aromatic nitrogens is 1. The zero-order valence-electron chi connectivity index (χ0n) is 9.70. The fraction of sp³-hybridized carbons (Fsp3) is 0.214. The number of aryl methyl sites for hydroxylation is 1. The van der Waals surface area contributed by atoms with Gasteiger partial charge in [0, 0.05) is 24.5 Å². The molecule has 0 aliphatic rings. The third-order valence-electron chi connectivity index (χ3n) is 2.54. The Kier molecular flexibility index (Phi) is 3.32. The Bertz CT molecular complexity index is 460. The Morgan fingerprint density at radius 1 is 1.06 bits per heavy atom. The molecule has 0 radical (unpaired) electrons. The third kappa shape index (κ3) is 2.47. The molecule has 0 bridgehead atoms. The SMILES string of the molecule is CNCc1ccc(-c2cncc(C)c2)cc1. The standard InChI is InChI=1S/C14H16N2/c1-11-7-14(10-16-8-11)13-5-3-12(4-6-13)9-15-2/h3-8,10,15H,9H2,1-2H3. The van der Waals surface area contributed by atoms with E-state index in [9.17, 15) is 0 Å². The first-order chi connectivity index (χ1) is 7.79. The minimum absolute atomic E-state index is 0.909. The van der Waals surface area contributed by atoms with Crippen LogP contribution < -0.4 is 5.32 Å². The highest BCUT2D eigenvalue weighted by Crippen LogP contribution is 2.19. The summed E-state index contributed by atoms with van der Waals surface area (Å²) in [6.45, 7) is 2.97. The third-order valence-corrected chi connectivity index (χ3v) is 2.54. The van der Waals surface area contributed by atoms with Crippen LogP contribution in [0.2, 0.25) is 0 Å². The molecule has 0 fully saturated rings. The van der Waals surface area contributed by atoms with Gasteiger partial charge in [-0.15, -0.1) is 0 Å². The maximum absolute atomic E-state index is 4.21. The molecular formula is C14H16N2. The minimum atomic E-state index is 0.909. The first kappa shape index (κ1) is 10.8. The van der Waals surface area contributed by atoms with E-state index in [1.165, 1.54) is 22.3 Å². The van der Waals surface area contributed by atoms with Crippen LogP contribution in [-0.2, 0) is 6.54 Å². The molecule has 2 nitrogen and oxygen atoms in total. The lowest BCUT2D eigenvalue weighted by Crippen LogP contribution is -2.04. The molecule has 16 heavy (non-hydrogen) atoms. The van der Waals surface area contributed by atoms with Crippen molar-refractivity contribution in [3.05, 3.63) is 53.9 Å². The van der Waals surface area contributed by atoms with Crippen molar-refractivity contribution in [2.24, 2.45) is 0 Å². The molecule has 2 heteroatoms. The average molecular weight is 212 g/mol. The zero-order chi connectivity index (χ0) is 11.4. The van der Waals surface area contributed by atoms with E-state index in [1.54, 1.807) is 0 Å². The van der Waals surface area contributed by atoms with Gasteiger partial charge in [-0.1, -0.05) is 24.3 Å². The molecule has 0 spiro atoms. The second kappa shape index (κ2) is 4.90. The lowest BCUT2D eigenvalue weighted by Gasteiger charge is -2.04. The number of hydrogen-bond acceptors (Lipinski definition) is 2. The van der Waals surface area contributed by atoms with Gasteiger partial charge in [0.15, 0.2) is 0 Å². The van der Waals surface area contributed by atoms with Gasteiger partial charge in [-0.2, -0.15) is 0 Å². The topological polar surface area (TPSA) is 24.9 Å². The second-order valence-electron chi connectivity index (χ2n) is 3.98. The summed E-state index contributed by atoms with van der Waals surface area (Å²) in [5, 5.41) is 3.14. The molecule has 0 saturated carbocycles. The van der Waals surface area contributed by atoms with Crippen molar-refractivity contribution in [3.63, 3.8) is 0 Å². The van der Waals surface area contributed by atoms with Crippen molar-refractivity contribution in [2.45, 2.75) is 13.5 Å². The number of nitrogens with zero attached hydrogens (tertiary/aromatic N) is 1. The molecule has 1 aromatic carbocycles. The smallest absolute Gasteiger partial charge is 0.0346 e. The van der Waals surface area contributed by atoms with E-state index >= 15 is 0 Å². The van der Waals surface area contributed by atoms with Gasteiger partial charge in [0.05, 0.1) is 0 Å². The van der Waals surface area contributed by atoms with E-state index in [0.29, 0.717) is 0 Å². The van der Waals surface area contributed by atoms with Gasteiger partial charge in [0.1, 0.15) is 0 Å². The van der Waals surface area contributed by atoms with Crippen LogP contribution in [0.4, 0.5) is 0 Å². The molecule has 0 aliphatic carbocycles. The highest BCUT2D eigenvalue weighted by Gasteiger charge is 1.98. The summed E-state index contributed by atoms with van der Waals surface area (Å²) in [7, 11) is 1.96. The predicted octanol–water partition coefficient (Wildman–Crippen LogP) is 2.78. The van der Waals surface area contributed by atoms with E-state index in [0.717, 1.165) is 6.54 Å². The van der Waals surface area contributed by atoms with E-state index in [2.05, 4.69) is 47.6 Å². The predicted molar refractivity (Wildman–Crippen MR) is 67.2 cm³/mol. The second-order valence-corrected chi connectivity index (χ2v) is 3.98. The van der Waals surface area contributed by atoms with Crippen LogP contribution in [0.15, 0.2) is 42.7 Å². The largest absolute Gasteiger partial charge is 0.316 e. The van der Waals surface area contributed by atoms with Gasteiger partial charge in [-0.25, -0.2) is 0 Å². The van der Waals surface area contributed by atoms with Crippen LogP contribution in [0.3, 0.4) is 0 Å². The fourth-order valence-corrected chi connectivity index (χ4v) is 1.73. The van der Waals surface area contributed by atoms with Gasteiger partial charge in [-0.3, -0.25) is 4.98 Å². The Morgan fingerprint density at radius 3 is 2.44 bits per heavy atom. The Balaban J connectivity index is 2.27. The van der Waals surface area contributed by atoms with Crippen LogP contribution in [-0.4, -0.2) is 12.0 Å². The van der Waals surface area contributed by atoms with E-state index < -0.39 is 0 Å². The van der Waals surface area contributed by atoms with E-state index in [-0.39, 0.29) is 0 Å². The fourth-order valence-electron chi connectivity index (χ4n) is 1.73. The van der Waals surface area contributed by atoms with Crippen molar-refractivity contribution < 1.29 is 0 Å². The highest BCUT2D eigenvalue weighted by atomic mass is 14.8. The normalized spacial score (nSPS) is 10.4. The number of hydrogen-bond donors (Lipinski definition) is 1. The van der Waals surface area contributed by atoms with E-state index in [1.807, 2.05) is 19.4 Å². The van der Waals surface area contributed by atoms with Crippen molar-refractivity contribution >= 4 is 0 Å². The first-order valence-corrected chi connectivity index (χ1v) is 5.45. The van der Waals surface area contributed by atoms with Crippen molar-refractivity contribution in [2.75, 3.05) is 7.05 Å². The highest BCUT2D eigenvalue weighted by molar-refractivity contribution is 5.63. The molecule has 2 rings (SSSR count). The lowest BCUT2D eigenvalue weighted by molar-refractivity contribution is 0.818. The molecule has 82 valence electrons. The van der Waals surface area contributed by atoms with Crippen LogP contribution in [0.5, 0.6) is 0 Å². The molecular weight excluding hydrogens is 196 g/mol. The van der Waals surface area contributed by atoms with Crippen LogP contribution >= 0.6 is 0 Å². The Labute approximate surface area is 96.4 Å². The molecule has 0 aliphatic heterocycles. The van der Waals surface area contributed by atoms with Crippen LogP contribution in [0.1, 0.15) is 11.1 Å². The lowest BCUT2D eigenvalue weighted by atomic mass is 10.0. The summed E-state index contributed by atoms with van der Waals surface area (Å²) in [6.07, 6.45) is 3.78. The molecule has 0 amide bonds. The molecule has 0 unspecified atom stereocenters. The summed E-state index contributed by atoms with van der Waals surface area (Å²) >= 11 is 0. The summed E-state index contributed by atoms with van der Waals surface area (Å²) in [5.74, 6) is 0. The summed E-state index contributed by atoms with van der Waals surface area (Å²) in [6, 6.07) is 10.7. The summed E-state index contributed by atoms with van der Waals surface area (Å²) in [5.41, 5.74) is 4.88. The zero-order valence-corrected chi connectivity index (χ0v) is 9.70.